The van der Waals surface area contributed by atoms with Gasteiger partial charge in [-0.3, -0.25) is 14.4 Å². The number of rotatable bonds is 44. The SMILES string of the molecule is CC\C=C/C=C\C=C/C=C\C=C/CCCC(=O)OCC(COC(=O)CCCCCCCCCCCCCCCCCCC)OC(=O)CC/C=C\C/C=C\C/C=C\C/C=C\C/C=C\CC. The van der Waals surface area contributed by atoms with Gasteiger partial charge in [0.25, 0.3) is 0 Å². The number of carbonyl (C=O) groups is 3. The van der Waals surface area contributed by atoms with Crippen LogP contribution >= 0.6 is 0 Å². The predicted octanol–water partition coefficient (Wildman–Crippen LogP) is 16.9. The van der Waals surface area contributed by atoms with Crippen LogP contribution in [0.5, 0.6) is 0 Å². The molecule has 6 nitrogen and oxygen atoms in total. The molecule has 0 fully saturated rings. The minimum atomic E-state index is -0.847. The predicted molar refractivity (Wildman–Crippen MR) is 274 cm³/mol. The number of esters is 3. The smallest absolute Gasteiger partial charge is 0.306 e. The summed E-state index contributed by atoms with van der Waals surface area (Å²) in [6.07, 6.45) is 70.6. The third-order valence-electron chi connectivity index (χ3n) is 10.4. The van der Waals surface area contributed by atoms with Crippen molar-refractivity contribution in [1.29, 1.82) is 0 Å². The molecule has 0 heterocycles. The first-order chi connectivity index (χ1) is 31.5. The number of ether oxygens (including phenoxy) is 3. The summed E-state index contributed by atoms with van der Waals surface area (Å²) in [5.41, 5.74) is 0. The standard InChI is InChI=1S/C58H92O6/c1-4-7-10-13-16-19-22-25-27-29-31-33-36-39-42-45-48-51-57(60)63-54-55(53-62-56(59)50-47-44-41-38-35-32-24-21-18-15-12-9-6-3)64-58(61)52-49-46-43-40-37-34-30-28-26-23-20-17-14-11-8-5-2/h8-9,11-12,15,17-18,20-21,24,26,28,32,34-35,37-38,41,43,46,55H,4-7,10,13-14,16,19,22-23,25,27,29-31,33,36,39-40,42,44-45,47-54H2,1-3H3/b11-8-,12-9-,18-15-,20-17-,24-21-,28-26-,35-32-,37-34-,41-38-,46-43-. The summed E-state index contributed by atoms with van der Waals surface area (Å²) in [4.78, 5) is 37.9. The molecule has 0 aliphatic carbocycles. The van der Waals surface area contributed by atoms with E-state index in [4.69, 9.17) is 14.2 Å². The van der Waals surface area contributed by atoms with E-state index in [1.54, 1.807) is 0 Å². The molecular weight excluding hydrogens is 793 g/mol. The van der Waals surface area contributed by atoms with Crippen molar-refractivity contribution >= 4 is 17.9 Å². The van der Waals surface area contributed by atoms with Gasteiger partial charge in [0, 0.05) is 19.3 Å². The Labute approximate surface area is 392 Å². The highest BCUT2D eigenvalue weighted by Gasteiger charge is 2.19. The van der Waals surface area contributed by atoms with Crippen LogP contribution < -0.4 is 0 Å². The molecule has 6 heteroatoms. The van der Waals surface area contributed by atoms with Gasteiger partial charge in [-0.15, -0.1) is 0 Å². The summed E-state index contributed by atoms with van der Waals surface area (Å²) in [5, 5.41) is 0. The average molecular weight is 885 g/mol. The Morgan fingerprint density at radius 2 is 0.719 bits per heavy atom. The Balaban J connectivity index is 4.57. The van der Waals surface area contributed by atoms with Crippen molar-refractivity contribution in [3.8, 4) is 0 Å². The van der Waals surface area contributed by atoms with E-state index >= 15 is 0 Å². The summed E-state index contributed by atoms with van der Waals surface area (Å²) in [7, 11) is 0. The van der Waals surface area contributed by atoms with Crippen molar-refractivity contribution in [2.24, 2.45) is 0 Å². The Morgan fingerprint density at radius 3 is 1.17 bits per heavy atom. The molecule has 0 aromatic carbocycles. The van der Waals surface area contributed by atoms with Crippen LogP contribution in [0.1, 0.15) is 207 Å². The molecule has 0 aliphatic rings. The molecule has 1 atom stereocenters. The Bertz CT molecular complexity index is 1390. The van der Waals surface area contributed by atoms with Crippen molar-refractivity contribution in [2.75, 3.05) is 13.2 Å². The third kappa shape index (κ3) is 48.8. The molecule has 0 radical (unpaired) electrons. The molecule has 360 valence electrons. The van der Waals surface area contributed by atoms with Crippen molar-refractivity contribution in [2.45, 2.75) is 213 Å². The highest BCUT2D eigenvalue weighted by Crippen LogP contribution is 2.15. The van der Waals surface area contributed by atoms with Crippen LogP contribution in [0, 0.1) is 0 Å². The maximum absolute atomic E-state index is 12.8. The van der Waals surface area contributed by atoms with E-state index in [9.17, 15) is 14.4 Å². The molecule has 1 unspecified atom stereocenters. The van der Waals surface area contributed by atoms with E-state index in [-0.39, 0.29) is 38.0 Å². The van der Waals surface area contributed by atoms with Gasteiger partial charge in [0.1, 0.15) is 13.2 Å². The summed E-state index contributed by atoms with van der Waals surface area (Å²) < 4.78 is 16.6. The van der Waals surface area contributed by atoms with E-state index < -0.39 is 12.1 Å². The normalized spacial score (nSPS) is 13.1. The second-order valence-corrected chi connectivity index (χ2v) is 16.4. The Kier molecular flexibility index (Phi) is 48.1. The van der Waals surface area contributed by atoms with Crippen molar-refractivity contribution in [3.63, 3.8) is 0 Å². The maximum Gasteiger partial charge on any atom is 0.306 e. The molecule has 0 aromatic rings. The van der Waals surface area contributed by atoms with E-state index in [1.165, 1.54) is 89.9 Å². The maximum atomic E-state index is 12.8. The second-order valence-electron chi connectivity index (χ2n) is 16.4. The lowest BCUT2D eigenvalue weighted by atomic mass is 10.0. The van der Waals surface area contributed by atoms with Crippen LogP contribution in [0.3, 0.4) is 0 Å². The molecule has 0 spiro atoms. The number of carbonyl (C=O) groups excluding carboxylic acids is 3. The molecule has 0 amide bonds. The highest BCUT2D eigenvalue weighted by molar-refractivity contribution is 5.71. The summed E-state index contributed by atoms with van der Waals surface area (Å²) in [6.45, 7) is 6.24. The van der Waals surface area contributed by atoms with Crippen LogP contribution in [0.15, 0.2) is 122 Å². The molecule has 0 rings (SSSR count). The summed E-state index contributed by atoms with van der Waals surface area (Å²) in [6, 6.07) is 0. The van der Waals surface area contributed by atoms with Crippen LogP contribution in [0.25, 0.3) is 0 Å². The number of allylic oxidation sites excluding steroid dienone is 20. The molecule has 64 heavy (non-hydrogen) atoms. The first-order valence-corrected chi connectivity index (χ1v) is 25.6. The summed E-state index contributed by atoms with van der Waals surface area (Å²) in [5.74, 6) is -1.10. The van der Waals surface area contributed by atoms with Crippen LogP contribution in [0.4, 0.5) is 0 Å². The van der Waals surface area contributed by atoms with Crippen molar-refractivity contribution in [3.05, 3.63) is 122 Å². The number of hydrogen-bond acceptors (Lipinski definition) is 6. The minimum Gasteiger partial charge on any atom is -0.462 e. The van der Waals surface area contributed by atoms with Gasteiger partial charge in [-0.25, -0.2) is 0 Å². The molecule has 0 saturated carbocycles. The van der Waals surface area contributed by atoms with Crippen LogP contribution in [-0.4, -0.2) is 37.2 Å². The first kappa shape index (κ1) is 59.8. The van der Waals surface area contributed by atoms with Gasteiger partial charge < -0.3 is 14.2 Å². The van der Waals surface area contributed by atoms with Gasteiger partial charge >= 0.3 is 17.9 Å². The zero-order chi connectivity index (χ0) is 46.5. The Hall–Kier alpha value is -4.19. The van der Waals surface area contributed by atoms with Gasteiger partial charge in [-0.05, 0) is 64.2 Å². The molecule has 0 saturated heterocycles. The minimum absolute atomic E-state index is 0.132. The summed E-state index contributed by atoms with van der Waals surface area (Å²) >= 11 is 0. The van der Waals surface area contributed by atoms with Gasteiger partial charge in [-0.1, -0.05) is 245 Å². The quantitative estimate of drug-likeness (QED) is 0.0199. The van der Waals surface area contributed by atoms with Crippen molar-refractivity contribution in [1.82, 2.24) is 0 Å². The number of unbranched alkanes of at least 4 members (excludes halogenated alkanes) is 17. The van der Waals surface area contributed by atoms with E-state index in [0.717, 1.165) is 64.2 Å². The zero-order valence-electron chi connectivity index (χ0n) is 41.0. The van der Waals surface area contributed by atoms with Gasteiger partial charge in [0.2, 0.25) is 0 Å². The van der Waals surface area contributed by atoms with Gasteiger partial charge in [0.15, 0.2) is 6.10 Å². The zero-order valence-corrected chi connectivity index (χ0v) is 41.0. The van der Waals surface area contributed by atoms with E-state index in [1.807, 2.05) is 66.8 Å². The second kappa shape index (κ2) is 51.4. The van der Waals surface area contributed by atoms with Gasteiger partial charge in [0.05, 0.1) is 0 Å². The molecular formula is C58H92O6. The largest absolute Gasteiger partial charge is 0.462 e. The molecule has 0 aliphatic heterocycles. The fourth-order valence-corrected chi connectivity index (χ4v) is 6.58. The highest BCUT2D eigenvalue weighted by atomic mass is 16.6. The van der Waals surface area contributed by atoms with Gasteiger partial charge in [-0.2, -0.15) is 0 Å². The Morgan fingerprint density at radius 1 is 0.344 bits per heavy atom. The fraction of sp³-hybridized carbons (Fsp3) is 0.603. The van der Waals surface area contributed by atoms with E-state index in [0.29, 0.717) is 19.3 Å². The lowest BCUT2D eigenvalue weighted by molar-refractivity contribution is -0.166. The lowest BCUT2D eigenvalue weighted by Crippen LogP contribution is -2.30. The van der Waals surface area contributed by atoms with Crippen molar-refractivity contribution < 1.29 is 28.6 Å². The average Bonchev–Trinajstić information content (AvgIpc) is 3.29. The van der Waals surface area contributed by atoms with Crippen LogP contribution in [0.2, 0.25) is 0 Å². The molecule has 0 bridgehead atoms. The van der Waals surface area contributed by atoms with E-state index in [2.05, 4.69) is 75.5 Å². The van der Waals surface area contributed by atoms with Crippen LogP contribution in [-0.2, 0) is 28.6 Å². The lowest BCUT2D eigenvalue weighted by Gasteiger charge is -2.18. The number of hydrogen-bond donors (Lipinski definition) is 0. The monoisotopic (exact) mass is 885 g/mol. The molecule has 0 N–H and O–H groups in total. The fourth-order valence-electron chi connectivity index (χ4n) is 6.58. The topological polar surface area (TPSA) is 78.9 Å². The first-order valence-electron chi connectivity index (χ1n) is 25.6. The third-order valence-corrected chi connectivity index (χ3v) is 10.4. The molecule has 0 aromatic heterocycles.